The number of aliphatic hydroxyl groups excluding tert-OH is 1. The van der Waals surface area contributed by atoms with Crippen molar-refractivity contribution in [3.05, 3.63) is 35.4 Å². The summed E-state index contributed by atoms with van der Waals surface area (Å²) in [4.78, 5) is 0. The Morgan fingerprint density at radius 1 is 1.18 bits per heavy atom. The van der Waals surface area contributed by atoms with Crippen molar-refractivity contribution in [3.63, 3.8) is 0 Å². The summed E-state index contributed by atoms with van der Waals surface area (Å²) in [5.74, 6) is 0. The van der Waals surface area contributed by atoms with Crippen LogP contribution in [0.1, 0.15) is 42.9 Å². The average Bonchev–Trinajstić information content (AvgIpc) is 2.28. The first-order chi connectivity index (χ1) is 8.17. The Labute approximate surface area is 103 Å². The topological polar surface area (TPSA) is 32.3 Å². The number of rotatable bonds is 1. The van der Waals surface area contributed by atoms with Gasteiger partial charge >= 0.3 is 0 Å². The fourth-order valence-corrected chi connectivity index (χ4v) is 3.46. The number of nitrogens with one attached hydrogen (secondary N) is 1. The van der Waals surface area contributed by atoms with E-state index in [0.29, 0.717) is 11.5 Å². The molecule has 0 radical (unpaired) electrons. The molecule has 0 bridgehead atoms. The van der Waals surface area contributed by atoms with Crippen LogP contribution < -0.4 is 5.32 Å². The van der Waals surface area contributed by atoms with Crippen LogP contribution in [-0.2, 0) is 0 Å². The minimum absolute atomic E-state index is 0.0354. The first-order valence-corrected chi connectivity index (χ1v) is 6.65. The van der Waals surface area contributed by atoms with E-state index < -0.39 is 0 Å². The van der Waals surface area contributed by atoms with E-state index in [1.165, 1.54) is 24.0 Å². The van der Waals surface area contributed by atoms with E-state index in [-0.39, 0.29) is 6.10 Å². The van der Waals surface area contributed by atoms with Gasteiger partial charge in [-0.1, -0.05) is 29.8 Å². The minimum atomic E-state index is -0.0354. The van der Waals surface area contributed by atoms with Crippen LogP contribution in [0.25, 0.3) is 0 Å². The summed E-state index contributed by atoms with van der Waals surface area (Å²) >= 11 is 0. The highest BCUT2D eigenvalue weighted by atomic mass is 16.3. The Bertz CT molecular complexity index is 386. The van der Waals surface area contributed by atoms with E-state index in [4.69, 9.17) is 0 Å². The summed E-state index contributed by atoms with van der Waals surface area (Å²) in [5, 5.41) is 13.1. The molecule has 1 aliphatic carbocycles. The molecule has 0 amide bonds. The van der Waals surface area contributed by atoms with E-state index in [2.05, 4.69) is 36.5 Å². The Hall–Kier alpha value is -0.860. The normalized spacial score (nSPS) is 36.8. The molecule has 1 saturated heterocycles. The molecule has 17 heavy (non-hydrogen) atoms. The van der Waals surface area contributed by atoms with E-state index in [9.17, 15) is 5.11 Å². The monoisotopic (exact) mass is 231 g/mol. The van der Waals surface area contributed by atoms with Crippen molar-refractivity contribution in [2.45, 2.75) is 44.8 Å². The van der Waals surface area contributed by atoms with Gasteiger partial charge in [-0.15, -0.1) is 0 Å². The molecular weight excluding hydrogens is 210 g/mol. The Balaban J connectivity index is 1.74. The van der Waals surface area contributed by atoms with Crippen LogP contribution in [0.15, 0.2) is 24.3 Å². The molecule has 2 N–H and O–H groups in total. The first-order valence-electron chi connectivity index (χ1n) is 6.65. The molecule has 1 aliphatic heterocycles. The number of aryl methyl sites for hydroxylation is 1. The fourth-order valence-electron chi connectivity index (χ4n) is 3.46. The molecule has 1 spiro atoms. The fraction of sp³-hybridized carbons (Fsp3) is 0.600. The molecule has 1 heterocycles. The van der Waals surface area contributed by atoms with E-state index in [1.54, 1.807) is 0 Å². The maximum atomic E-state index is 9.54. The Kier molecular flexibility index (Phi) is 2.72. The first kappa shape index (κ1) is 11.2. The van der Waals surface area contributed by atoms with E-state index >= 15 is 0 Å². The predicted molar refractivity (Wildman–Crippen MR) is 68.8 cm³/mol. The van der Waals surface area contributed by atoms with Gasteiger partial charge in [-0.25, -0.2) is 0 Å². The molecule has 1 aromatic rings. The van der Waals surface area contributed by atoms with Crippen LogP contribution in [0.5, 0.6) is 0 Å². The molecule has 1 unspecified atom stereocenters. The summed E-state index contributed by atoms with van der Waals surface area (Å²) in [6, 6.07) is 9.33. The van der Waals surface area contributed by atoms with Crippen LogP contribution in [0.2, 0.25) is 0 Å². The van der Waals surface area contributed by atoms with Crippen LogP contribution in [0.4, 0.5) is 0 Å². The van der Waals surface area contributed by atoms with Crippen LogP contribution in [0.3, 0.4) is 0 Å². The van der Waals surface area contributed by atoms with E-state index in [0.717, 1.165) is 19.4 Å². The second kappa shape index (κ2) is 4.11. The van der Waals surface area contributed by atoms with Crippen molar-refractivity contribution in [2.24, 2.45) is 5.41 Å². The molecule has 1 saturated carbocycles. The van der Waals surface area contributed by atoms with E-state index in [1.807, 2.05) is 0 Å². The number of benzene rings is 1. The van der Waals surface area contributed by atoms with Crippen molar-refractivity contribution >= 4 is 0 Å². The quantitative estimate of drug-likeness (QED) is 0.778. The van der Waals surface area contributed by atoms with Gasteiger partial charge < -0.3 is 10.4 Å². The standard InChI is InChI=1S/C15H21NO/c1-11-2-4-12(5-3-11)14-10-15(6-7-16-14)8-13(17)9-15/h2-5,13-14,16-17H,6-10H2,1H3. The van der Waals surface area contributed by atoms with Gasteiger partial charge in [0, 0.05) is 6.04 Å². The highest BCUT2D eigenvalue weighted by Gasteiger charge is 2.46. The largest absolute Gasteiger partial charge is 0.393 e. The second-order valence-corrected chi connectivity index (χ2v) is 5.93. The number of aliphatic hydroxyl groups is 1. The predicted octanol–water partition coefficient (Wildman–Crippen LogP) is 2.56. The number of hydrogen-bond donors (Lipinski definition) is 2. The van der Waals surface area contributed by atoms with Crippen molar-refractivity contribution < 1.29 is 5.11 Å². The summed E-state index contributed by atoms with van der Waals surface area (Å²) in [6.45, 7) is 3.22. The lowest BCUT2D eigenvalue weighted by atomic mass is 9.60. The van der Waals surface area contributed by atoms with Gasteiger partial charge in [0.25, 0.3) is 0 Å². The van der Waals surface area contributed by atoms with Gasteiger partial charge in [0.2, 0.25) is 0 Å². The van der Waals surface area contributed by atoms with Crippen molar-refractivity contribution in [3.8, 4) is 0 Å². The lowest BCUT2D eigenvalue weighted by Gasteiger charge is -2.50. The van der Waals surface area contributed by atoms with Crippen LogP contribution >= 0.6 is 0 Å². The summed E-state index contributed by atoms with van der Waals surface area (Å²) in [6.07, 6.45) is 4.40. The zero-order chi connectivity index (χ0) is 11.9. The lowest BCUT2D eigenvalue weighted by molar-refractivity contribution is -0.0590. The highest BCUT2D eigenvalue weighted by molar-refractivity contribution is 5.25. The molecule has 92 valence electrons. The molecular formula is C15H21NO. The highest BCUT2D eigenvalue weighted by Crippen LogP contribution is 2.51. The van der Waals surface area contributed by atoms with Crippen molar-refractivity contribution in [1.29, 1.82) is 0 Å². The molecule has 1 atom stereocenters. The molecule has 2 heteroatoms. The molecule has 2 aliphatic rings. The summed E-state index contributed by atoms with van der Waals surface area (Å²) < 4.78 is 0. The zero-order valence-corrected chi connectivity index (χ0v) is 10.4. The van der Waals surface area contributed by atoms with Crippen LogP contribution in [0, 0.1) is 12.3 Å². The second-order valence-electron chi connectivity index (χ2n) is 5.93. The minimum Gasteiger partial charge on any atom is -0.393 e. The molecule has 1 aromatic carbocycles. The van der Waals surface area contributed by atoms with Gasteiger partial charge in [0.05, 0.1) is 6.10 Å². The lowest BCUT2D eigenvalue weighted by Crippen LogP contribution is -2.48. The van der Waals surface area contributed by atoms with Crippen molar-refractivity contribution in [2.75, 3.05) is 6.54 Å². The van der Waals surface area contributed by atoms with Gasteiger partial charge in [0.15, 0.2) is 0 Å². The van der Waals surface area contributed by atoms with Crippen LogP contribution in [-0.4, -0.2) is 17.8 Å². The average molecular weight is 231 g/mol. The maximum Gasteiger partial charge on any atom is 0.0550 e. The molecule has 2 fully saturated rings. The SMILES string of the molecule is Cc1ccc(C2CC3(CCN2)CC(O)C3)cc1. The molecule has 0 aromatic heterocycles. The summed E-state index contributed by atoms with van der Waals surface area (Å²) in [7, 11) is 0. The smallest absolute Gasteiger partial charge is 0.0550 e. The van der Waals surface area contributed by atoms with Gasteiger partial charge in [-0.2, -0.15) is 0 Å². The third kappa shape index (κ3) is 2.12. The third-order valence-electron chi connectivity index (χ3n) is 4.50. The number of hydrogen-bond acceptors (Lipinski definition) is 2. The molecule has 2 nitrogen and oxygen atoms in total. The molecule has 3 rings (SSSR count). The van der Waals surface area contributed by atoms with Gasteiger partial charge in [-0.05, 0) is 50.1 Å². The zero-order valence-electron chi connectivity index (χ0n) is 10.4. The third-order valence-corrected chi connectivity index (χ3v) is 4.50. The van der Waals surface area contributed by atoms with Crippen molar-refractivity contribution in [1.82, 2.24) is 5.32 Å². The van der Waals surface area contributed by atoms with Gasteiger partial charge in [0.1, 0.15) is 0 Å². The number of piperidine rings is 1. The maximum absolute atomic E-state index is 9.54. The Morgan fingerprint density at radius 3 is 2.53 bits per heavy atom. The van der Waals surface area contributed by atoms with Gasteiger partial charge in [-0.3, -0.25) is 0 Å². The summed E-state index contributed by atoms with van der Waals surface area (Å²) in [5.41, 5.74) is 3.15. The Morgan fingerprint density at radius 2 is 1.88 bits per heavy atom.